The van der Waals surface area contributed by atoms with Crippen LogP contribution in [0, 0.1) is 0 Å². The van der Waals surface area contributed by atoms with E-state index in [0.717, 1.165) is 27.6 Å². The number of hydrogen-bond donors (Lipinski definition) is 2. The van der Waals surface area contributed by atoms with Gasteiger partial charge in [-0.3, -0.25) is 4.98 Å². The zero-order chi connectivity index (χ0) is 10.8. The maximum absolute atomic E-state index is 5.87. The number of benzene rings is 1. The molecule has 0 saturated heterocycles. The number of nitrogens with zero attached hydrogens (tertiary/aromatic N) is 1. The summed E-state index contributed by atoms with van der Waals surface area (Å²) in [4.78, 5) is 4.29. The van der Waals surface area contributed by atoms with Crippen molar-refractivity contribution in [2.24, 2.45) is 0 Å². The van der Waals surface area contributed by atoms with Crippen LogP contribution in [0.2, 0.25) is 0 Å². The van der Waals surface area contributed by atoms with Crippen molar-refractivity contribution < 1.29 is 0 Å². The summed E-state index contributed by atoms with van der Waals surface area (Å²) in [6.07, 6.45) is 1.69. The van der Waals surface area contributed by atoms with Gasteiger partial charge >= 0.3 is 0 Å². The Bertz CT molecular complexity index is 496. The molecular weight excluding hydrogens is 254 g/mol. The molecule has 3 N–H and O–H groups in total. The van der Waals surface area contributed by atoms with E-state index in [1.54, 1.807) is 6.20 Å². The fraction of sp³-hybridized carbons (Fsp3) is 0.182. The molecule has 0 amide bonds. The van der Waals surface area contributed by atoms with Crippen LogP contribution >= 0.6 is 15.9 Å². The van der Waals surface area contributed by atoms with Gasteiger partial charge in [0, 0.05) is 16.4 Å². The third kappa shape index (κ3) is 1.90. The number of halogens is 1. The molecule has 0 unspecified atom stereocenters. The molecule has 0 aliphatic carbocycles. The van der Waals surface area contributed by atoms with Crippen molar-refractivity contribution in [2.75, 3.05) is 17.6 Å². The van der Waals surface area contributed by atoms with Crippen LogP contribution in [-0.2, 0) is 0 Å². The minimum absolute atomic E-state index is 0.687. The van der Waals surface area contributed by atoms with Crippen molar-refractivity contribution in [3.63, 3.8) is 0 Å². The van der Waals surface area contributed by atoms with E-state index in [1.165, 1.54) is 0 Å². The quantitative estimate of drug-likeness (QED) is 0.878. The van der Waals surface area contributed by atoms with Gasteiger partial charge in [0.15, 0.2) is 0 Å². The highest BCUT2D eigenvalue weighted by molar-refractivity contribution is 9.10. The van der Waals surface area contributed by atoms with Crippen LogP contribution in [0.3, 0.4) is 0 Å². The van der Waals surface area contributed by atoms with E-state index in [4.69, 9.17) is 5.73 Å². The zero-order valence-corrected chi connectivity index (χ0v) is 10.0. The Morgan fingerprint density at radius 3 is 3.00 bits per heavy atom. The van der Waals surface area contributed by atoms with Crippen molar-refractivity contribution in [2.45, 2.75) is 6.92 Å². The largest absolute Gasteiger partial charge is 0.396 e. The number of anilines is 2. The third-order valence-electron chi connectivity index (χ3n) is 2.21. The highest BCUT2D eigenvalue weighted by Gasteiger charge is 2.05. The topological polar surface area (TPSA) is 50.9 Å². The Kier molecular flexibility index (Phi) is 2.77. The summed E-state index contributed by atoms with van der Waals surface area (Å²) in [5.41, 5.74) is 8.47. The minimum Gasteiger partial charge on any atom is -0.396 e. The Labute approximate surface area is 96.8 Å². The molecule has 2 aromatic rings. The molecule has 2 rings (SSSR count). The highest BCUT2D eigenvalue weighted by atomic mass is 79.9. The van der Waals surface area contributed by atoms with Crippen LogP contribution in [0.5, 0.6) is 0 Å². The molecule has 0 radical (unpaired) electrons. The summed E-state index contributed by atoms with van der Waals surface area (Å²) in [6.45, 7) is 2.89. The molecule has 0 aliphatic rings. The highest BCUT2D eigenvalue weighted by Crippen LogP contribution is 2.29. The molecule has 0 atom stereocenters. The van der Waals surface area contributed by atoms with Gasteiger partial charge in [-0.15, -0.1) is 0 Å². The van der Waals surface area contributed by atoms with E-state index in [2.05, 4.69) is 26.2 Å². The second kappa shape index (κ2) is 4.06. The van der Waals surface area contributed by atoms with E-state index in [9.17, 15) is 0 Å². The van der Waals surface area contributed by atoms with Crippen molar-refractivity contribution in [3.8, 4) is 0 Å². The molecule has 78 valence electrons. The average molecular weight is 266 g/mol. The summed E-state index contributed by atoms with van der Waals surface area (Å²) >= 11 is 3.42. The number of nitrogens with one attached hydrogen (secondary N) is 1. The number of aromatic nitrogens is 1. The molecule has 0 saturated carbocycles. The fourth-order valence-electron chi connectivity index (χ4n) is 1.56. The molecule has 0 fully saturated rings. The Hall–Kier alpha value is -1.29. The summed E-state index contributed by atoms with van der Waals surface area (Å²) in [5, 5.41) is 4.31. The van der Waals surface area contributed by atoms with Gasteiger partial charge in [0.2, 0.25) is 0 Å². The zero-order valence-electron chi connectivity index (χ0n) is 8.42. The maximum atomic E-state index is 5.87. The van der Waals surface area contributed by atoms with Crippen molar-refractivity contribution in [1.82, 2.24) is 4.98 Å². The van der Waals surface area contributed by atoms with Gasteiger partial charge in [-0.25, -0.2) is 0 Å². The molecule has 0 spiro atoms. The molecule has 4 heteroatoms. The normalized spacial score (nSPS) is 10.5. The fourth-order valence-corrected chi connectivity index (χ4v) is 1.91. The molecule has 3 nitrogen and oxygen atoms in total. The average Bonchev–Trinajstić information content (AvgIpc) is 2.22. The first-order valence-corrected chi connectivity index (χ1v) is 5.59. The molecule has 0 aliphatic heterocycles. The molecule has 1 heterocycles. The monoisotopic (exact) mass is 265 g/mol. The first-order valence-electron chi connectivity index (χ1n) is 4.80. The van der Waals surface area contributed by atoms with Crippen molar-refractivity contribution in [3.05, 3.63) is 28.9 Å². The van der Waals surface area contributed by atoms with Crippen LogP contribution in [-0.4, -0.2) is 11.5 Å². The number of hydrogen-bond acceptors (Lipinski definition) is 3. The molecule has 15 heavy (non-hydrogen) atoms. The number of pyridine rings is 1. The Morgan fingerprint density at radius 1 is 1.47 bits per heavy atom. The lowest BCUT2D eigenvalue weighted by Crippen LogP contribution is -2.02. The van der Waals surface area contributed by atoms with E-state index in [0.29, 0.717) is 5.69 Å². The first-order chi connectivity index (χ1) is 7.22. The number of nitrogen functional groups attached to an aromatic ring is 1. The smallest absolute Gasteiger partial charge is 0.0743 e. The lowest BCUT2D eigenvalue weighted by molar-refractivity contribution is 1.21. The summed E-state index contributed by atoms with van der Waals surface area (Å²) in [6, 6.07) is 5.99. The van der Waals surface area contributed by atoms with Gasteiger partial charge in [-0.05, 0) is 25.1 Å². The van der Waals surface area contributed by atoms with E-state index < -0.39 is 0 Å². The SMILES string of the molecule is CCNc1c(N)cnc2cc(Br)ccc12. The van der Waals surface area contributed by atoms with Gasteiger partial charge in [-0.2, -0.15) is 0 Å². The first kappa shape index (κ1) is 10.2. The minimum atomic E-state index is 0.687. The Balaban J connectivity index is 2.70. The molecular formula is C11H12BrN3. The van der Waals surface area contributed by atoms with Crippen LogP contribution < -0.4 is 11.1 Å². The number of fused-ring (bicyclic) bond motifs is 1. The number of nitrogens with two attached hydrogens (primary N) is 1. The van der Waals surface area contributed by atoms with E-state index in [-0.39, 0.29) is 0 Å². The van der Waals surface area contributed by atoms with E-state index >= 15 is 0 Å². The maximum Gasteiger partial charge on any atom is 0.0743 e. The molecule has 1 aromatic carbocycles. The standard InChI is InChI=1S/C11H12BrN3/c1-2-14-11-8-4-3-7(12)5-10(8)15-6-9(11)13/h3-6H,2,13H2,1H3,(H,14,15). The van der Waals surface area contributed by atoms with Gasteiger partial charge < -0.3 is 11.1 Å². The second-order valence-electron chi connectivity index (χ2n) is 3.28. The van der Waals surface area contributed by atoms with Crippen LogP contribution in [0.15, 0.2) is 28.9 Å². The molecule has 0 bridgehead atoms. The lowest BCUT2D eigenvalue weighted by atomic mass is 10.1. The third-order valence-corrected chi connectivity index (χ3v) is 2.71. The van der Waals surface area contributed by atoms with Gasteiger partial charge in [0.25, 0.3) is 0 Å². The lowest BCUT2D eigenvalue weighted by Gasteiger charge is -2.10. The van der Waals surface area contributed by atoms with Gasteiger partial charge in [0.05, 0.1) is 23.1 Å². The predicted octanol–water partition coefficient (Wildman–Crippen LogP) is 3.01. The van der Waals surface area contributed by atoms with E-state index in [1.807, 2.05) is 25.1 Å². The summed E-state index contributed by atoms with van der Waals surface area (Å²) in [7, 11) is 0. The predicted molar refractivity (Wildman–Crippen MR) is 68.0 cm³/mol. The van der Waals surface area contributed by atoms with Crippen LogP contribution in [0.25, 0.3) is 10.9 Å². The summed E-state index contributed by atoms with van der Waals surface area (Å²) in [5.74, 6) is 0. The number of rotatable bonds is 2. The van der Waals surface area contributed by atoms with Gasteiger partial charge in [0.1, 0.15) is 0 Å². The molecule has 1 aromatic heterocycles. The van der Waals surface area contributed by atoms with Crippen molar-refractivity contribution >= 4 is 38.2 Å². The second-order valence-corrected chi connectivity index (χ2v) is 4.20. The van der Waals surface area contributed by atoms with Crippen LogP contribution in [0.4, 0.5) is 11.4 Å². The van der Waals surface area contributed by atoms with Crippen LogP contribution in [0.1, 0.15) is 6.92 Å². The van der Waals surface area contributed by atoms with Crippen molar-refractivity contribution in [1.29, 1.82) is 0 Å². The Morgan fingerprint density at radius 2 is 2.27 bits per heavy atom. The summed E-state index contributed by atoms with van der Waals surface area (Å²) < 4.78 is 1.02. The van der Waals surface area contributed by atoms with Gasteiger partial charge in [-0.1, -0.05) is 15.9 Å².